The van der Waals surface area contributed by atoms with Crippen LogP contribution < -0.4 is 15.4 Å². The van der Waals surface area contributed by atoms with Crippen LogP contribution in [0.3, 0.4) is 0 Å². The molecule has 0 fully saturated rings. The van der Waals surface area contributed by atoms with Gasteiger partial charge in [-0.25, -0.2) is 4.98 Å². The summed E-state index contributed by atoms with van der Waals surface area (Å²) in [6.45, 7) is 5.45. The summed E-state index contributed by atoms with van der Waals surface area (Å²) >= 11 is 0. The van der Waals surface area contributed by atoms with E-state index in [4.69, 9.17) is 4.74 Å². The van der Waals surface area contributed by atoms with Crippen LogP contribution in [-0.4, -0.2) is 34.2 Å². The van der Waals surface area contributed by atoms with E-state index in [1.165, 1.54) is 0 Å². The number of ether oxygens (including phenoxy) is 1. The summed E-state index contributed by atoms with van der Waals surface area (Å²) < 4.78 is 5.64. The smallest absolute Gasteiger partial charge is 0.256 e. The minimum atomic E-state index is -0.105. The van der Waals surface area contributed by atoms with Crippen LogP contribution in [0.4, 0.5) is 11.4 Å². The summed E-state index contributed by atoms with van der Waals surface area (Å²) in [6.07, 6.45) is 7.14. The first-order valence-electron chi connectivity index (χ1n) is 9.15. The Bertz CT molecular complexity index is 1130. The summed E-state index contributed by atoms with van der Waals surface area (Å²) in [5, 5.41) is 13.1. The second-order valence-corrected chi connectivity index (χ2v) is 7.01. The number of pyridine rings is 1. The van der Waals surface area contributed by atoms with E-state index in [1.807, 2.05) is 25.3 Å². The van der Waals surface area contributed by atoms with Crippen molar-refractivity contribution in [1.29, 1.82) is 0 Å². The second-order valence-electron chi connectivity index (χ2n) is 7.01. The van der Waals surface area contributed by atoms with Crippen molar-refractivity contribution in [1.82, 2.24) is 15.2 Å². The van der Waals surface area contributed by atoms with Gasteiger partial charge in [-0.2, -0.15) is 5.10 Å². The van der Waals surface area contributed by atoms with Crippen LogP contribution in [0.2, 0.25) is 0 Å². The number of fused-ring (bicyclic) bond motifs is 2. The average Bonchev–Trinajstić information content (AvgIpc) is 3.32. The van der Waals surface area contributed by atoms with Gasteiger partial charge in [0.15, 0.2) is 0 Å². The molecule has 1 aromatic carbocycles. The quantitative estimate of drug-likeness (QED) is 0.599. The third-order valence-corrected chi connectivity index (χ3v) is 5.20. The highest BCUT2D eigenvalue weighted by molar-refractivity contribution is 6.35. The van der Waals surface area contributed by atoms with Gasteiger partial charge >= 0.3 is 0 Å². The van der Waals surface area contributed by atoms with E-state index < -0.39 is 0 Å². The first kappa shape index (κ1) is 16.6. The number of aromatic nitrogens is 3. The van der Waals surface area contributed by atoms with Crippen molar-refractivity contribution in [2.75, 3.05) is 23.8 Å². The van der Waals surface area contributed by atoms with Crippen molar-refractivity contribution in [2.24, 2.45) is 0 Å². The molecule has 0 spiro atoms. The Balaban J connectivity index is 1.66. The number of hydrogen-bond acceptors (Lipinski definition) is 5. The lowest BCUT2D eigenvalue weighted by atomic mass is 9.94. The molecular weight excluding hydrogens is 354 g/mol. The first-order chi connectivity index (χ1) is 13.6. The fourth-order valence-corrected chi connectivity index (χ4v) is 3.79. The van der Waals surface area contributed by atoms with Gasteiger partial charge in [-0.05, 0) is 48.7 Å². The molecule has 5 rings (SSSR count). The van der Waals surface area contributed by atoms with Gasteiger partial charge in [0.2, 0.25) is 5.88 Å². The van der Waals surface area contributed by atoms with Crippen molar-refractivity contribution in [2.45, 2.75) is 13.8 Å². The molecule has 0 saturated carbocycles. The molecule has 2 aliphatic heterocycles. The molecule has 0 saturated heterocycles. The Morgan fingerprint density at radius 1 is 1.14 bits per heavy atom. The Labute approximate surface area is 161 Å². The highest BCUT2D eigenvalue weighted by atomic mass is 16.5. The molecular formula is C21H19N5O2. The lowest BCUT2D eigenvalue weighted by Gasteiger charge is -2.21. The number of carbonyl (C=O) groups excluding carboxylic acids is 1. The maximum absolute atomic E-state index is 12.6. The molecule has 2 aliphatic rings. The van der Waals surface area contributed by atoms with Gasteiger partial charge in [-0.3, -0.25) is 9.89 Å². The number of hydrogen-bond donors (Lipinski definition) is 3. The Morgan fingerprint density at radius 2 is 2.04 bits per heavy atom. The van der Waals surface area contributed by atoms with Crippen LogP contribution in [0, 0.1) is 13.8 Å². The summed E-state index contributed by atoms with van der Waals surface area (Å²) in [7, 11) is 0. The van der Waals surface area contributed by atoms with Gasteiger partial charge in [0.25, 0.3) is 5.91 Å². The molecule has 0 bridgehead atoms. The van der Waals surface area contributed by atoms with E-state index in [2.05, 4.69) is 38.8 Å². The van der Waals surface area contributed by atoms with Crippen LogP contribution in [-0.2, 0) is 4.79 Å². The van der Waals surface area contributed by atoms with E-state index in [1.54, 1.807) is 12.4 Å². The molecule has 0 radical (unpaired) electrons. The summed E-state index contributed by atoms with van der Waals surface area (Å²) in [6, 6.07) is 4.13. The number of nitrogens with zero attached hydrogens (tertiary/aromatic N) is 2. The molecule has 0 unspecified atom stereocenters. The van der Waals surface area contributed by atoms with Gasteiger partial charge in [-0.15, -0.1) is 0 Å². The normalized spacial score (nSPS) is 16.2. The number of benzene rings is 1. The van der Waals surface area contributed by atoms with Gasteiger partial charge in [0, 0.05) is 41.2 Å². The number of carbonyl (C=O) groups is 1. The van der Waals surface area contributed by atoms with Crippen LogP contribution in [0.5, 0.6) is 5.88 Å². The third kappa shape index (κ3) is 2.55. The third-order valence-electron chi connectivity index (χ3n) is 5.20. The van der Waals surface area contributed by atoms with E-state index in [0.29, 0.717) is 18.1 Å². The van der Waals surface area contributed by atoms with E-state index >= 15 is 0 Å². The van der Waals surface area contributed by atoms with Gasteiger partial charge in [0.1, 0.15) is 12.3 Å². The molecule has 7 heteroatoms. The predicted octanol–water partition coefficient (Wildman–Crippen LogP) is 3.39. The monoisotopic (exact) mass is 373 g/mol. The molecule has 4 heterocycles. The lowest BCUT2D eigenvalue weighted by Crippen LogP contribution is -2.20. The maximum atomic E-state index is 12.6. The Hall–Kier alpha value is -3.61. The maximum Gasteiger partial charge on any atom is 0.256 e. The zero-order valence-electron chi connectivity index (χ0n) is 15.6. The highest BCUT2D eigenvalue weighted by Crippen LogP contribution is 2.41. The average molecular weight is 373 g/mol. The van der Waals surface area contributed by atoms with Crippen molar-refractivity contribution in [3.05, 3.63) is 53.0 Å². The summed E-state index contributed by atoms with van der Waals surface area (Å²) in [4.78, 5) is 17.0. The summed E-state index contributed by atoms with van der Waals surface area (Å²) in [5.41, 5.74) is 8.30. The number of aryl methyl sites for hydroxylation is 1. The van der Waals surface area contributed by atoms with Crippen LogP contribution in [0.1, 0.15) is 22.3 Å². The molecule has 2 aromatic heterocycles. The zero-order valence-corrected chi connectivity index (χ0v) is 15.6. The van der Waals surface area contributed by atoms with Crippen LogP contribution >= 0.6 is 0 Å². The minimum Gasteiger partial charge on any atom is -0.474 e. The van der Waals surface area contributed by atoms with Crippen molar-refractivity contribution < 1.29 is 9.53 Å². The fraction of sp³-hybridized carbons (Fsp3) is 0.190. The van der Waals surface area contributed by atoms with Crippen molar-refractivity contribution in [3.8, 4) is 17.0 Å². The van der Waals surface area contributed by atoms with Crippen LogP contribution in [0.15, 0.2) is 30.7 Å². The number of nitrogens with one attached hydrogen (secondary N) is 3. The molecule has 28 heavy (non-hydrogen) atoms. The first-order valence-corrected chi connectivity index (χ1v) is 9.15. The van der Waals surface area contributed by atoms with E-state index in [-0.39, 0.29) is 5.91 Å². The molecule has 7 nitrogen and oxygen atoms in total. The Kier molecular flexibility index (Phi) is 3.68. The molecule has 0 atom stereocenters. The number of aromatic amines is 1. The van der Waals surface area contributed by atoms with Crippen LogP contribution in [0.25, 0.3) is 22.8 Å². The number of H-pyrrole nitrogens is 1. The number of amides is 1. The van der Waals surface area contributed by atoms with Gasteiger partial charge < -0.3 is 15.4 Å². The number of anilines is 2. The van der Waals surface area contributed by atoms with E-state index in [9.17, 15) is 4.79 Å². The second kappa shape index (κ2) is 6.23. The Morgan fingerprint density at radius 3 is 2.86 bits per heavy atom. The van der Waals surface area contributed by atoms with E-state index in [0.717, 1.165) is 51.3 Å². The lowest BCUT2D eigenvalue weighted by molar-refractivity contribution is -0.110. The highest BCUT2D eigenvalue weighted by Gasteiger charge is 2.27. The summed E-state index contributed by atoms with van der Waals surface area (Å²) in [5.74, 6) is 0.537. The SMILES string of the molecule is Cc1cc(-c2cnc3c(c2C)NCCO3)cc2c1NC(=O)C2=Cc1cn[nH]c1. The molecule has 1 amide bonds. The molecule has 140 valence electrons. The molecule has 0 aliphatic carbocycles. The fourth-order valence-electron chi connectivity index (χ4n) is 3.79. The topological polar surface area (TPSA) is 91.9 Å². The largest absolute Gasteiger partial charge is 0.474 e. The van der Waals surface area contributed by atoms with Gasteiger partial charge in [-0.1, -0.05) is 0 Å². The minimum absolute atomic E-state index is 0.105. The molecule has 3 aromatic rings. The number of rotatable bonds is 2. The molecule has 3 N–H and O–H groups in total. The van der Waals surface area contributed by atoms with Crippen molar-refractivity contribution >= 4 is 28.9 Å². The standard InChI is InChI=1S/C21H19N5O2/c1-11-5-14(17-10-23-21-19(12(17)2)22-3-4-28-21)7-15-16(20(27)26-18(11)15)6-13-8-24-25-9-13/h5-10,22H,3-4H2,1-2H3,(H,24,25)(H,26,27). The predicted molar refractivity (Wildman–Crippen MR) is 108 cm³/mol. The van der Waals surface area contributed by atoms with Crippen molar-refractivity contribution in [3.63, 3.8) is 0 Å². The zero-order chi connectivity index (χ0) is 19.3. The van der Waals surface area contributed by atoms with Gasteiger partial charge in [0.05, 0.1) is 11.9 Å².